The number of hydrogen-bond acceptors (Lipinski definition) is 2. The summed E-state index contributed by atoms with van der Waals surface area (Å²) in [6.45, 7) is 13.4. The molecular weight excluding hydrogens is 248 g/mol. The highest BCUT2D eigenvalue weighted by molar-refractivity contribution is 4.80. The van der Waals surface area contributed by atoms with Crippen LogP contribution in [0, 0.1) is 12.3 Å². The molecule has 0 spiro atoms. The van der Waals surface area contributed by atoms with E-state index < -0.39 is 0 Å². The van der Waals surface area contributed by atoms with Crippen molar-refractivity contribution in [2.45, 2.75) is 78.4 Å². The van der Waals surface area contributed by atoms with Crippen LogP contribution in [0.15, 0.2) is 12.7 Å². The fourth-order valence-corrected chi connectivity index (χ4v) is 1.64. The molecule has 2 aliphatic rings. The van der Waals surface area contributed by atoms with Crippen molar-refractivity contribution < 1.29 is 9.47 Å². The van der Waals surface area contributed by atoms with E-state index in [1.165, 1.54) is 32.1 Å². The molecule has 2 nitrogen and oxygen atoms in total. The first-order chi connectivity index (χ1) is 9.62. The van der Waals surface area contributed by atoms with E-state index in [2.05, 4.69) is 26.3 Å². The molecule has 2 heterocycles. The monoisotopic (exact) mass is 282 g/mol. The minimum absolute atomic E-state index is 0.536. The van der Waals surface area contributed by atoms with Gasteiger partial charge >= 0.3 is 0 Å². The summed E-state index contributed by atoms with van der Waals surface area (Å²) in [4.78, 5) is 0. The van der Waals surface area contributed by atoms with Gasteiger partial charge in [-0.25, -0.2) is 0 Å². The number of ether oxygens (including phenoxy) is 2. The van der Waals surface area contributed by atoms with Crippen LogP contribution in [-0.4, -0.2) is 25.4 Å². The summed E-state index contributed by atoms with van der Waals surface area (Å²) in [6, 6.07) is 0. The summed E-state index contributed by atoms with van der Waals surface area (Å²) in [6.07, 6.45) is 14.9. The molecule has 0 N–H and O–H groups in total. The molecular formula is C18H34O2. The van der Waals surface area contributed by atoms with E-state index in [0.29, 0.717) is 12.2 Å². The van der Waals surface area contributed by atoms with E-state index in [4.69, 9.17) is 15.9 Å². The van der Waals surface area contributed by atoms with Gasteiger partial charge in [0.15, 0.2) is 0 Å². The van der Waals surface area contributed by atoms with Crippen LogP contribution < -0.4 is 0 Å². The van der Waals surface area contributed by atoms with Crippen molar-refractivity contribution in [2.75, 3.05) is 13.2 Å². The van der Waals surface area contributed by atoms with Gasteiger partial charge in [0.1, 0.15) is 0 Å². The predicted molar refractivity (Wildman–Crippen MR) is 88.9 cm³/mol. The Morgan fingerprint density at radius 3 is 1.65 bits per heavy atom. The van der Waals surface area contributed by atoms with Gasteiger partial charge in [-0.15, -0.1) is 18.9 Å². The fourth-order valence-electron chi connectivity index (χ4n) is 1.64. The van der Waals surface area contributed by atoms with Crippen LogP contribution in [-0.2, 0) is 9.47 Å². The molecule has 2 fully saturated rings. The molecule has 0 radical (unpaired) electrons. The van der Waals surface area contributed by atoms with E-state index in [1.807, 2.05) is 13.8 Å². The Morgan fingerprint density at radius 2 is 1.50 bits per heavy atom. The predicted octanol–water partition coefficient (Wildman–Crippen LogP) is 4.98. The second-order valence-electron chi connectivity index (χ2n) is 4.97. The Balaban J connectivity index is 0. The molecule has 0 bridgehead atoms. The second-order valence-corrected chi connectivity index (χ2v) is 4.97. The molecule has 2 saturated heterocycles. The topological polar surface area (TPSA) is 18.5 Å². The van der Waals surface area contributed by atoms with Gasteiger partial charge in [-0.3, -0.25) is 0 Å². The molecule has 0 aromatic rings. The third-order valence-electron chi connectivity index (χ3n) is 2.77. The molecule has 0 aromatic heterocycles. The zero-order chi connectivity index (χ0) is 15.6. The van der Waals surface area contributed by atoms with E-state index >= 15 is 0 Å². The minimum Gasteiger partial charge on any atom is -0.379 e. The van der Waals surface area contributed by atoms with E-state index in [-0.39, 0.29) is 0 Å². The average molecular weight is 282 g/mol. The highest BCUT2D eigenvalue weighted by Crippen LogP contribution is 2.10. The summed E-state index contributed by atoms with van der Waals surface area (Å²) in [5.41, 5.74) is 0. The second kappa shape index (κ2) is 18.2. The van der Waals surface area contributed by atoms with Crippen molar-refractivity contribution in [2.24, 2.45) is 0 Å². The van der Waals surface area contributed by atoms with Gasteiger partial charge < -0.3 is 9.47 Å². The molecule has 118 valence electrons. The van der Waals surface area contributed by atoms with Crippen LogP contribution in [0.5, 0.6) is 0 Å². The average Bonchev–Trinajstić information content (AvgIpc) is 2.93. The Kier molecular flexibility index (Phi) is 19.6. The maximum absolute atomic E-state index is 5.28. The van der Waals surface area contributed by atoms with Crippen molar-refractivity contribution >= 4 is 0 Å². The molecule has 0 amide bonds. The van der Waals surface area contributed by atoms with Gasteiger partial charge in [0.25, 0.3) is 0 Å². The van der Waals surface area contributed by atoms with Crippen LogP contribution in [0.1, 0.15) is 66.2 Å². The molecule has 0 saturated carbocycles. The molecule has 2 atom stereocenters. The maximum Gasteiger partial charge on any atom is 0.0547 e. The fraction of sp³-hybridized carbons (Fsp3) is 0.778. The van der Waals surface area contributed by atoms with Crippen molar-refractivity contribution in [3.8, 4) is 12.3 Å². The van der Waals surface area contributed by atoms with Gasteiger partial charge in [-0.1, -0.05) is 13.0 Å². The molecule has 0 aromatic carbocycles. The normalized spacial score (nSPS) is 23.6. The first-order valence-electron chi connectivity index (χ1n) is 7.85. The standard InChI is InChI=1S/C6H12O.C5H10O.C4H6.C3H6/c1-6-4-2-3-5-7-6;1-5-3-2-4-6-5;1-3-4-2;1-3-2/h6H,2-5H2,1H3;5H,2-4H2,1H3;1H,4H2,2H3;3H,1H2,2H3. The minimum atomic E-state index is 0.536. The lowest BCUT2D eigenvalue weighted by Crippen LogP contribution is -2.14. The largest absolute Gasteiger partial charge is 0.379 e. The van der Waals surface area contributed by atoms with Gasteiger partial charge in [0.2, 0.25) is 0 Å². The lowest BCUT2D eigenvalue weighted by atomic mass is 10.1. The molecule has 2 heteroatoms. The van der Waals surface area contributed by atoms with Crippen molar-refractivity contribution in [3.05, 3.63) is 12.7 Å². The van der Waals surface area contributed by atoms with E-state index in [0.717, 1.165) is 19.6 Å². The van der Waals surface area contributed by atoms with Crippen LogP contribution in [0.3, 0.4) is 0 Å². The van der Waals surface area contributed by atoms with Gasteiger partial charge in [0.05, 0.1) is 12.2 Å². The zero-order valence-corrected chi connectivity index (χ0v) is 14.0. The first kappa shape index (κ1) is 21.5. The Morgan fingerprint density at radius 1 is 1.10 bits per heavy atom. The summed E-state index contributed by atoms with van der Waals surface area (Å²) in [5, 5.41) is 0. The van der Waals surface area contributed by atoms with Crippen LogP contribution >= 0.6 is 0 Å². The number of allylic oxidation sites excluding steroid dienone is 1. The highest BCUT2D eigenvalue weighted by Gasteiger charge is 2.07. The van der Waals surface area contributed by atoms with Crippen LogP contribution in [0.25, 0.3) is 0 Å². The quantitative estimate of drug-likeness (QED) is 0.460. The number of terminal acetylenes is 1. The maximum atomic E-state index is 5.28. The van der Waals surface area contributed by atoms with Crippen molar-refractivity contribution in [1.82, 2.24) is 0 Å². The van der Waals surface area contributed by atoms with Crippen LogP contribution in [0.2, 0.25) is 0 Å². The van der Waals surface area contributed by atoms with E-state index in [9.17, 15) is 0 Å². The third kappa shape index (κ3) is 19.6. The highest BCUT2D eigenvalue weighted by atomic mass is 16.5. The van der Waals surface area contributed by atoms with Gasteiger partial charge in [-0.2, -0.15) is 0 Å². The van der Waals surface area contributed by atoms with Crippen LogP contribution in [0.4, 0.5) is 0 Å². The molecule has 2 rings (SSSR count). The lowest BCUT2D eigenvalue weighted by Gasteiger charge is -2.17. The molecule has 2 aliphatic heterocycles. The third-order valence-corrected chi connectivity index (χ3v) is 2.77. The summed E-state index contributed by atoms with van der Waals surface area (Å²) in [7, 11) is 0. The number of rotatable bonds is 0. The molecule has 20 heavy (non-hydrogen) atoms. The summed E-state index contributed by atoms with van der Waals surface area (Å²) >= 11 is 0. The van der Waals surface area contributed by atoms with Crippen molar-refractivity contribution in [1.29, 1.82) is 0 Å². The SMILES string of the molecule is C#CCC.C=CC.CC1CCCCO1.CC1CCCO1. The summed E-state index contributed by atoms with van der Waals surface area (Å²) < 4.78 is 10.4. The molecule has 2 unspecified atom stereocenters. The Labute approximate surface area is 126 Å². The smallest absolute Gasteiger partial charge is 0.0547 e. The Hall–Kier alpha value is -0.780. The van der Waals surface area contributed by atoms with E-state index in [1.54, 1.807) is 6.08 Å². The Bertz CT molecular complexity index is 218. The first-order valence-corrected chi connectivity index (χ1v) is 7.85. The lowest BCUT2D eigenvalue weighted by molar-refractivity contribution is 0.0285. The zero-order valence-electron chi connectivity index (χ0n) is 14.0. The number of hydrogen-bond donors (Lipinski definition) is 0. The van der Waals surface area contributed by atoms with Crippen molar-refractivity contribution in [3.63, 3.8) is 0 Å². The summed E-state index contributed by atoms with van der Waals surface area (Å²) in [5.74, 6) is 2.43. The molecule has 0 aliphatic carbocycles. The van der Waals surface area contributed by atoms with Gasteiger partial charge in [0, 0.05) is 19.6 Å². The van der Waals surface area contributed by atoms with Gasteiger partial charge in [-0.05, 0) is 52.9 Å².